The average Bonchev–Trinajstić information content (AvgIpc) is 3.00. The maximum atomic E-state index is 13.2. The molecule has 2 aliphatic heterocycles. The average molecular weight is 459 g/mol. The minimum atomic E-state index is -0.248. The van der Waals surface area contributed by atoms with Crippen molar-refractivity contribution in [3.63, 3.8) is 0 Å². The highest BCUT2D eigenvalue weighted by molar-refractivity contribution is 8.26. The number of hydrogen-bond acceptors (Lipinski definition) is 6. The molecule has 0 unspecified atom stereocenters. The van der Waals surface area contributed by atoms with Gasteiger partial charge in [-0.25, -0.2) is 0 Å². The Balaban J connectivity index is 2.24. The second kappa shape index (κ2) is 9.58. The summed E-state index contributed by atoms with van der Waals surface area (Å²) in [4.78, 5) is 30.6. The van der Waals surface area contributed by atoms with Gasteiger partial charge in [-0.2, -0.15) is 5.26 Å². The predicted octanol–water partition coefficient (Wildman–Crippen LogP) is 4.28. The molecule has 3 heterocycles. The van der Waals surface area contributed by atoms with Crippen LogP contribution >= 0.6 is 24.0 Å². The van der Waals surface area contributed by atoms with E-state index in [2.05, 4.69) is 17.9 Å². The Kier molecular flexibility index (Phi) is 7.28. The fraction of sp³-hybridized carbons (Fsp3) is 0.565. The Morgan fingerprint density at radius 2 is 1.94 bits per heavy atom. The number of thioether (sulfide) groups is 1. The third-order valence-electron chi connectivity index (χ3n) is 5.99. The number of nitrogens with zero attached hydrogens (tertiary/aromatic N) is 4. The predicted molar refractivity (Wildman–Crippen MR) is 131 cm³/mol. The highest BCUT2D eigenvalue weighted by Crippen LogP contribution is 2.37. The Bertz CT molecular complexity index is 1030. The topological polar surface area (TPSA) is 69.3 Å². The summed E-state index contributed by atoms with van der Waals surface area (Å²) in [6.07, 6.45) is 4.72. The van der Waals surface area contributed by atoms with Crippen molar-refractivity contribution in [1.29, 1.82) is 5.26 Å². The molecule has 0 aliphatic carbocycles. The third-order valence-corrected chi connectivity index (χ3v) is 7.32. The van der Waals surface area contributed by atoms with Crippen LogP contribution in [0.25, 0.3) is 6.08 Å². The van der Waals surface area contributed by atoms with Gasteiger partial charge < -0.3 is 4.90 Å². The Labute approximate surface area is 193 Å². The number of amides is 1. The SMILES string of the molecule is CCCn1c(N2CCC(C)CC2)c(/C=C2\SC(=S)N(C(C)C)C2=O)c(C)c(C#N)c1=O. The van der Waals surface area contributed by atoms with E-state index in [1.165, 1.54) is 11.8 Å². The third kappa shape index (κ3) is 4.44. The number of thiocarbonyl (C=S) groups is 1. The first-order valence-electron chi connectivity index (χ1n) is 10.9. The number of hydrogen-bond donors (Lipinski definition) is 0. The van der Waals surface area contributed by atoms with Crippen molar-refractivity contribution < 1.29 is 4.79 Å². The van der Waals surface area contributed by atoms with Gasteiger partial charge in [0, 0.05) is 31.2 Å². The molecule has 1 amide bonds. The Morgan fingerprint density at radius 3 is 2.45 bits per heavy atom. The number of carbonyl (C=O) groups is 1. The smallest absolute Gasteiger partial charge is 0.270 e. The molecule has 0 radical (unpaired) electrons. The fourth-order valence-corrected chi connectivity index (χ4v) is 5.70. The van der Waals surface area contributed by atoms with Gasteiger partial charge in [0.2, 0.25) is 0 Å². The van der Waals surface area contributed by atoms with Crippen LogP contribution in [0.1, 0.15) is 63.6 Å². The summed E-state index contributed by atoms with van der Waals surface area (Å²) in [6.45, 7) is 12.2. The lowest BCUT2D eigenvalue weighted by molar-refractivity contribution is -0.123. The van der Waals surface area contributed by atoms with Gasteiger partial charge in [-0.05, 0) is 57.6 Å². The van der Waals surface area contributed by atoms with Crippen molar-refractivity contribution >= 4 is 46.1 Å². The van der Waals surface area contributed by atoms with Gasteiger partial charge in [0.15, 0.2) is 0 Å². The maximum absolute atomic E-state index is 13.2. The lowest BCUT2D eigenvalue weighted by Crippen LogP contribution is -2.39. The molecular formula is C23H30N4O2S2. The molecule has 166 valence electrons. The van der Waals surface area contributed by atoms with Crippen molar-refractivity contribution in [3.05, 3.63) is 31.9 Å². The summed E-state index contributed by atoms with van der Waals surface area (Å²) in [5.74, 6) is 1.35. The standard InChI is InChI=1S/C23H30N4O2S2/c1-6-9-26-20(25-10-7-15(4)8-11-25)17(16(5)18(13-24)21(26)28)12-19-22(29)27(14(2)3)23(30)31-19/h12,14-15H,6-11H2,1-5H3/b19-12-. The molecule has 0 aromatic carbocycles. The van der Waals surface area contributed by atoms with Crippen LogP contribution in [0.2, 0.25) is 0 Å². The van der Waals surface area contributed by atoms with Crippen molar-refractivity contribution in [1.82, 2.24) is 9.47 Å². The molecule has 1 aromatic rings. The summed E-state index contributed by atoms with van der Waals surface area (Å²) < 4.78 is 2.27. The highest BCUT2D eigenvalue weighted by atomic mass is 32.2. The quantitative estimate of drug-likeness (QED) is 0.484. The number of pyridine rings is 1. The van der Waals surface area contributed by atoms with E-state index >= 15 is 0 Å². The number of carbonyl (C=O) groups excluding carboxylic acids is 1. The maximum Gasteiger partial charge on any atom is 0.270 e. The molecule has 2 fully saturated rings. The van der Waals surface area contributed by atoms with E-state index in [0.29, 0.717) is 27.3 Å². The largest absolute Gasteiger partial charge is 0.357 e. The van der Waals surface area contributed by atoms with Crippen LogP contribution < -0.4 is 10.5 Å². The van der Waals surface area contributed by atoms with Gasteiger partial charge in [0.05, 0.1) is 4.91 Å². The summed E-state index contributed by atoms with van der Waals surface area (Å²) in [5.41, 5.74) is 1.31. The molecular weight excluding hydrogens is 428 g/mol. The summed E-state index contributed by atoms with van der Waals surface area (Å²) in [5, 5.41) is 9.72. The van der Waals surface area contributed by atoms with Crippen LogP contribution in [0, 0.1) is 24.2 Å². The molecule has 31 heavy (non-hydrogen) atoms. The van der Waals surface area contributed by atoms with E-state index in [-0.39, 0.29) is 23.1 Å². The van der Waals surface area contributed by atoms with Crippen LogP contribution in [0.5, 0.6) is 0 Å². The summed E-state index contributed by atoms with van der Waals surface area (Å²) in [6, 6.07) is 2.08. The normalized spacial score (nSPS) is 19.1. The van der Waals surface area contributed by atoms with Gasteiger partial charge in [0.25, 0.3) is 11.5 Å². The van der Waals surface area contributed by atoms with Crippen LogP contribution in [-0.4, -0.2) is 38.8 Å². The first-order chi connectivity index (χ1) is 14.7. The van der Waals surface area contributed by atoms with Crippen molar-refractivity contribution in [3.8, 4) is 6.07 Å². The van der Waals surface area contributed by atoms with Crippen LogP contribution in [0.15, 0.2) is 9.70 Å². The fourth-order valence-electron chi connectivity index (χ4n) is 4.19. The van der Waals surface area contributed by atoms with Crippen molar-refractivity contribution in [2.45, 2.75) is 66.5 Å². The molecule has 2 saturated heterocycles. The van der Waals surface area contributed by atoms with E-state index in [0.717, 1.165) is 43.7 Å². The second-order valence-corrected chi connectivity index (χ2v) is 10.3. The van der Waals surface area contributed by atoms with Crippen LogP contribution in [0.3, 0.4) is 0 Å². The number of rotatable bonds is 5. The zero-order valence-corrected chi connectivity index (χ0v) is 20.5. The molecule has 3 rings (SSSR count). The van der Waals surface area contributed by atoms with Gasteiger partial charge in [-0.15, -0.1) is 0 Å². The van der Waals surface area contributed by atoms with Gasteiger partial charge in [-0.1, -0.05) is 37.8 Å². The molecule has 0 bridgehead atoms. The first-order valence-corrected chi connectivity index (χ1v) is 12.1. The zero-order chi connectivity index (χ0) is 22.9. The lowest BCUT2D eigenvalue weighted by Gasteiger charge is -2.35. The zero-order valence-electron chi connectivity index (χ0n) is 18.9. The molecule has 0 saturated carbocycles. The molecule has 2 aliphatic rings. The number of aromatic nitrogens is 1. The molecule has 8 heteroatoms. The van der Waals surface area contributed by atoms with Crippen LogP contribution in [0.4, 0.5) is 5.82 Å². The minimum Gasteiger partial charge on any atom is -0.357 e. The van der Waals surface area contributed by atoms with E-state index in [4.69, 9.17) is 12.2 Å². The summed E-state index contributed by atoms with van der Waals surface area (Å²) >= 11 is 6.72. The van der Waals surface area contributed by atoms with Crippen LogP contribution in [-0.2, 0) is 11.3 Å². The molecule has 0 spiro atoms. The monoisotopic (exact) mass is 458 g/mol. The van der Waals surface area contributed by atoms with Gasteiger partial charge in [-0.3, -0.25) is 19.1 Å². The second-order valence-electron chi connectivity index (χ2n) is 8.62. The van der Waals surface area contributed by atoms with E-state index in [1.807, 2.05) is 26.8 Å². The Hall–Kier alpha value is -2.11. The molecule has 0 atom stereocenters. The van der Waals surface area contributed by atoms with Gasteiger partial charge >= 0.3 is 0 Å². The lowest BCUT2D eigenvalue weighted by atomic mass is 9.97. The van der Waals surface area contributed by atoms with E-state index in [1.54, 1.807) is 16.4 Å². The molecule has 1 aromatic heterocycles. The minimum absolute atomic E-state index is 0.0220. The number of anilines is 1. The van der Waals surface area contributed by atoms with Crippen molar-refractivity contribution in [2.24, 2.45) is 5.92 Å². The number of nitriles is 1. The van der Waals surface area contributed by atoms with Crippen molar-refractivity contribution in [2.75, 3.05) is 18.0 Å². The van der Waals surface area contributed by atoms with Gasteiger partial charge in [0.1, 0.15) is 21.8 Å². The molecule has 0 N–H and O–H groups in total. The number of piperidine rings is 1. The van der Waals surface area contributed by atoms with E-state index in [9.17, 15) is 14.9 Å². The van der Waals surface area contributed by atoms with E-state index < -0.39 is 0 Å². The highest BCUT2D eigenvalue weighted by Gasteiger charge is 2.35. The summed E-state index contributed by atoms with van der Waals surface area (Å²) in [7, 11) is 0. The molecule has 6 nitrogen and oxygen atoms in total. The first kappa shape index (κ1) is 23.6. The Morgan fingerprint density at radius 1 is 1.29 bits per heavy atom.